The summed E-state index contributed by atoms with van der Waals surface area (Å²) in [4.78, 5) is 4.53. The molecule has 3 aromatic rings. The molecule has 0 radical (unpaired) electrons. The summed E-state index contributed by atoms with van der Waals surface area (Å²) in [7, 11) is 0. The molecule has 106 valence electrons. The van der Waals surface area contributed by atoms with Crippen LogP contribution in [0.4, 0.5) is 10.1 Å². The minimum atomic E-state index is -0.191. The topological polar surface area (TPSA) is 38.1 Å². The third kappa shape index (κ3) is 2.49. The highest BCUT2D eigenvalue weighted by molar-refractivity contribution is 5.77. The summed E-state index contributed by atoms with van der Waals surface area (Å²) in [6.07, 6.45) is 2.34. The highest BCUT2D eigenvalue weighted by atomic mass is 19.1. The Morgan fingerprint density at radius 3 is 2.86 bits per heavy atom. The number of fused-ring (bicyclic) bond motifs is 1. The molecule has 0 saturated heterocycles. The van der Waals surface area contributed by atoms with Gasteiger partial charge in [-0.2, -0.15) is 0 Å². The molecule has 0 unspecified atom stereocenters. The first-order chi connectivity index (χ1) is 10.3. The van der Waals surface area contributed by atoms with E-state index < -0.39 is 0 Å². The minimum Gasteiger partial charge on any atom is -0.440 e. The monoisotopic (exact) mass is 282 g/mol. The molecule has 4 rings (SSSR count). The molecular formula is C17H15FN2O. The first kappa shape index (κ1) is 12.4. The van der Waals surface area contributed by atoms with Gasteiger partial charge < -0.3 is 9.73 Å². The third-order valence-corrected chi connectivity index (χ3v) is 3.77. The molecule has 4 heteroatoms. The number of halogens is 1. The molecule has 0 spiro atoms. The van der Waals surface area contributed by atoms with Gasteiger partial charge in [0.1, 0.15) is 11.3 Å². The maximum Gasteiger partial charge on any atom is 0.198 e. The Kier molecular flexibility index (Phi) is 2.88. The van der Waals surface area contributed by atoms with E-state index in [9.17, 15) is 4.39 Å². The molecule has 1 fully saturated rings. The highest BCUT2D eigenvalue weighted by Gasteiger charge is 2.28. The summed E-state index contributed by atoms with van der Waals surface area (Å²) in [6, 6.07) is 12.6. The van der Waals surface area contributed by atoms with Gasteiger partial charge in [0, 0.05) is 23.7 Å². The number of oxazole rings is 1. The van der Waals surface area contributed by atoms with E-state index in [1.54, 1.807) is 12.1 Å². The van der Waals surface area contributed by atoms with E-state index in [0.717, 1.165) is 22.7 Å². The fraction of sp³-hybridized carbons (Fsp3) is 0.235. The molecule has 1 saturated carbocycles. The molecule has 0 atom stereocenters. The van der Waals surface area contributed by atoms with Gasteiger partial charge in [0.05, 0.1) is 0 Å². The number of benzene rings is 2. The largest absolute Gasteiger partial charge is 0.440 e. The van der Waals surface area contributed by atoms with Crippen LogP contribution in [0.1, 0.15) is 30.2 Å². The number of rotatable bonds is 4. The van der Waals surface area contributed by atoms with E-state index in [-0.39, 0.29) is 5.82 Å². The lowest BCUT2D eigenvalue weighted by atomic mass is 10.2. The van der Waals surface area contributed by atoms with Crippen molar-refractivity contribution >= 4 is 16.8 Å². The van der Waals surface area contributed by atoms with Crippen molar-refractivity contribution < 1.29 is 8.81 Å². The molecule has 0 bridgehead atoms. The van der Waals surface area contributed by atoms with Gasteiger partial charge >= 0.3 is 0 Å². The lowest BCUT2D eigenvalue weighted by Crippen LogP contribution is -2.01. The van der Waals surface area contributed by atoms with Gasteiger partial charge in [-0.1, -0.05) is 18.2 Å². The van der Waals surface area contributed by atoms with Crippen LogP contribution in [-0.2, 0) is 6.54 Å². The first-order valence-electron chi connectivity index (χ1n) is 7.17. The van der Waals surface area contributed by atoms with Gasteiger partial charge in [-0.3, -0.25) is 0 Å². The average Bonchev–Trinajstić information content (AvgIpc) is 3.26. The number of aromatic nitrogens is 1. The molecule has 1 N–H and O–H groups in total. The second kappa shape index (κ2) is 4.88. The smallest absolute Gasteiger partial charge is 0.198 e. The van der Waals surface area contributed by atoms with Crippen molar-refractivity contribution in [3.63, 3.8) is 0 Å². The lowest BCUT2D eigenvalue weighted by molar-refractivity contribution is 0.533. The molecule has 0 amide bonds. The van der Waals surface area contributed by atoms with E-state index in [1.165, 1.54) is 18.9 Å². The Morgan fingerprint density at radius 2 is 2.05 bits per heavy atom. The van der Waals surface area contributed by atoms with Crippen molar-refractivity contribution in [1.29, 1.82) is 0 Å². The molecule has 1 heterocycles. The number of nitrogens with one attached hydrogen (secondary N) is 1. The summed E-state index contributed by atoms with van der Waals surface area (Å²) >= 11 is 0. The predicted molar refractivity (Wildman–Crippen MR) is 79.7 cm³/mol. The number of anilines is 1. The Bertz CT molecular complexity index is 792. The molecule has 1 aromatic heterocycles. The summed E-state index contributed by atoms with van der Waals surface area (Å²) in [5.41, 5.74) is 3.24. The van der Waals surface area contributed by atoms with Crippen LogP contribution in [0.25, 0.3) is 11.1 Å². The normalized spacial score (nSPS) is 14.5. The molecule has 0 aliphatic heterocycles. The Labute approximate surface area is 121 Å². The zero-order chi connectivity index (χ0) is 14.2. The van der Waals surface area contributed by atoms with Crippen molar-refractivity contribution in [2.75, 3.05) is 5.32 Å². The summed E-state index contributed by atoms with van der Waals surface area (Å²) in [5, 5.41) is 3.23. The standard InChI is InChI=1S/C17H15FN2O/c18-14-4-2-1-3-12(14)10-19-13-7-8-16-15(9-13)20-17(21-16)11-5-6-11/h1-4,7-9,11,19H,5-6,10H2. The molecule has 1 aliphatic rings. The van der Waals surface area contributed by atoms with Crippen molar-refractivity contribution in [2.45, 2.75) is 25.3 Å². The van der Waals surface area contributed by atoms with Gasteiger partial charge in [-0.05, 0) is 37.1 Å². The SMILES string of the molecule is Fc1ccccc1CNc1ccc2oc(C3CC3)nc2c1. The summed E-state index contributed by atoms with van der Waals surface area (Å²) < 4.78 is 19.3. The van der Waals surface area contributed by atoms with Crippen LogP contribution in [0.2, 0.25) is 0 Å². The number of hydrogen-bond acceptors (Lipinski definition) is 3. The second-order valence-electron chi connectivity index (χ2n) is 5.45. The van der Waals surface area contributed by atoms with Crippen molar-refractivity contribution in [3.05, 3.63) is 59.7 Å². The van der Waals surface area contributed by atoms with E-state index in [0.29, 0.717) is 18.0 Å². The van der Waals surface area contributed by atoms with Crippen LogP contribution in [0.3, 0.4) is 0 Å². The Hall–Kier alpha value is -2.36. The van der Waals surface area contributed by atoms with E-state index in [2.05, 4.69) is 10.3 Å². The molecule has 3 nitrogen and oxygen atoms in total. The van der Waals surface area contributed by atoms with Crippen LogP contribution in [0.15, 0.2) is 46.9 Å². The second-order valence-corrected chi connectivity index (χ2v) is 5.45. The Morgan fingerprint density at radius 1 is 1.19 bits per heavy atom. The minimum absolute atomic E-state index is 0.191. The fourth-order valence-electron chi connectivity index (χ4n) is 2.40. The van der Waals surface area contributed by atoms with Crippen molar-refractivity contribution in [2.24, 2.45) is 0 Å². The van der Waals surface area contributed by atoms with E-state index in [4.69, 9.17) is 4.42 Å². The van der Waals surface area contributed by atoms with Crippen LogP contribution in [0.5, 0.6) is 0 Å². The zero-order valence-corrected chi connectivity index (χ0v) is 11.5. The van der Waals surface area contributed by atoms with Gasteiger partial charge in [0.15, 0.2) is 11.5 Å². The molecule has 1 aliphatic carbocycles. The molecule has 2 aromatic carbocycles. The molecular weight excluding hydrogens is 267 g/mol. The zero-order valence-electron chi connectivity index (χ0n) is 11.5. The van der Waals surface area contributed by atoms with Crippen molar-refractivity contribution in [1.82, 2.24) is 4.98 Å². The van der Waals surface area contributed by atoms with Crippen LogP contribution in [-0.4, -0.2) is 4.98 Å². The van der Waals surface area contributed by atoms with E-state index >= 15 is 0 Å². The summed E-state index contributed by atoms with van der Waals surface area (Å²) in [5.74, 6) is 1.16. The third-order valence-electron chi connectivity index (χ3n) is 3.77. The maximum atomic E-state index is 13.6. The average molecular weight is 282 g/mol. The summed E-state index contributed by atoms with van der Waals surface area (Å²) in [6.45, 7) is 0.450. The number of hydrogen-bond donors (Lipinski definition) is 1. The van der Waals surface area contributed by atoms with Crippen LogP contribution >= 0.6 is 0 Å². The van der Waals surface area contributed by atoms with Gasteiger partial charge in [0.2, 0.25) is 0 Å². The van der Waals surface area contributed by atoms with Crippen molar-refractivity contribution in [3.8, 4) is 0 Å². The predicted octanol–water partition coefficient (Wildman–Crippen LogP) is 4.46. The van der Waals surface area contributed by atoms with Crippen LogP contribution < -0.4 is 5.32 Å². The van der Waals surface area contributed by atoms with Gasteiger partial charge in [0.25, 0.3) is 0 Å². The molecule has 21 heavy (non-hydrogen) atoms. The Balaban J connectivity index is 1.54. The van der Waals surface area contributed by atoms with Crippen LogP contribution in [0, 0.1) is 5.82 Å². The quantitative estimate of drug-likeness (QED) is 0.768. The van der Waals surface area contributed by atoms with Gasteiger partial charge in [-0.25, -0.2) is 9.37 Å². The first-order valence-corrected chi connectivity index (χ1v) is 7.17. The fourth-order valence-corrected chi connectivity index (χ4v) is 2.40. The number of nitrogens with zero attached hydrogens (tertiary/aromatic N) is 1. The van der Waals surface area contributed by atoms with E-state index in [1.807, 2.05) is 24.3 Å². The lowest BCUT2D eigenvalue weighted by Gasteiger charge is -2.06. The van der Waals surface area contributed by atoms with Gasteiger partial charge in [-0.15, -0.1) is 0 Å². The highest BCUT2D eigenvalue weighted by Crippen LogP contribution is 2.40. The maximum absolute atomic E-state index is 13.6.